The molecule has 0 saturated heterocycles. The van der Waals surface area contributed by atoms with E-state index in [1.54, 1.807) is 4.57 Å². The van der Waals surface area contributed by atoms with Crippen LogP contribution in [0, 0.1) is 6.92 Å². The molecule has 0 aliphatic rings. The SMILES string of the molecule is Cc1ccc(-n2c(O)c(N=Nc3cn[nH]c(=O)c3Cl)c3ccccc32)cc1. The fraction of sp³-hybridized carbons (Fsp3) is 0.0526. The fourth-order valence-electron chi connectivity index (χ4n) is 2.81. The largest absolute Gasteiger partial charge is 0.493 e. The topological polar surface area (TPSA) is 95.6 Å². The molecule has 2 heterocycles. The summed E-state index contributed by atoms with van der Waals surface area (Å²) in [5.41, 5.74) is 2.54. The predicted octanol–water partition coefficient (Wildman–Crippen LogP) is 4.80. The molecule has 0 bridgehead atoms. The normalized spacial score (nSPS) is 11.5. The van der Waals surface area contributed by atoms with Crippen LogP contribution in [0.5, 0.6) is 5.88 Å². The van der Waals surface area contributed by atoms with Crippen LogP contribution < -0.4 is 5.56 Å². The second kappa shape index (κ2) is 6.69. The highest BCUT2D eigenvalue weighted by molar-refractivity contribution is 6.32. The molecule has 134 valence electrons. The van der Waals surface area contributed by atoms with E-state index in [1.807, 2.05) is 55.5 Å². The van der Waals surface area contributed by atoms with Crippen molar-refractivity contribution in [1.29, 1.82) is 0 Å². The summed E-state index contributed by atoms with van der Waals surface area (Å²) < 4.78 is 1.70. The fourth-order valence-corrected chi connectivity index (χ4v) is 2.94. The first-order valence-corrected chi connectivity index (χ1v) is 8.48. The quantitative estimate of drug-likeness (QED) is 0.500. The summed E-state index contributed by atoms with van der Waals surface area (Å²) in [6, 6.07) is 15.2. The monoisotopic (exact) mass is 379 g/mol. The minimum absolute atomic E-state index is 0.0577. The molecule has 0 aliphatic heterocycles. The average molecular weight is 380 g/mol. The number of aromatic hydroxyl groups is 1. The summed E-state index contributed by atoms with van der Waals surface area (Å²) in [7, 11) is 0. The molecule has 27 heavy (non-hydrogen) atoms. The number of H-pyrrole nitrogens is 1. The molecule has 2 aromatic carbocycles. The van der Waals surface area contributed by atoms with Crippen molar-refractivity contribution in [2.24, 2.45) is 10.2 Å². The zero-order chi connectivity index (χ0) is 19.0. The number of nitrogens with zero attached hydrogens (tertiary/aromatic N) is 4. The molecule has 0 fully saturated rings. The highest BCUT2D eigenvalue weighted by Crippen LogP contribution is 2.41. The number of para-hydroxylation sites is 1. The molecular formula is C19H14ClN5O2. The summed E-state index contributed by atoms with van der Waals surface area (Å²) in [6.45, 7) is 2.00. The summed E-state index contributed by atoms with van der Waals surface area (Å²) in [6.07, 6.45) is 1.30. The lowest BCUT2D eigenvalue weighted by atomic mass is 10.2. The van der Waals surface area contributed by atoms with Crippen molar-refractivity contribution in [3.63, 3.8) is 0 Å². The first kappa shape index (κ1) is 17.0. The van der Waals surface area contributed by atoms with Crippen LogP contribution in [0.3, 0.4) is 0 Å². The summed E-state index contributed by atoms with van der Waals surface area (Å²) in [5, 5.41) is 25.5. The molecule has 0 radical (unpaired) electrons. The van der Waals surface area contributed by atoms with Gasteiger partial charge in [0.05, 0.1) is 11.7 Å². The number of nitrogens with one attached hydrogen (secondary N) is 1. The van der Waals surface area contributed by atoms with Crippen LogP contribution in [0.1, 0.15) is 5.56 Å². The van der Waals surface area contributed by atoms with Gasteiger partial charge in [-0.25, -0.2) is 5.10 Å². The second-order valence-electron chi connectivity index (χ2n) is 5.96. The van der Waals surface area contributed by atoms with Crippen LogP contribution in [0.4, 0.5) is 11.4 Å². The van der Waals surface area contributed by atoms with Gasteiger partial charge in [-0.3, -0.25) is 9.36 Å². The molecule has 0 saturated carbocycles. The minimum Gasteiger partial charge on any atom is -0.493 e. The first-order valence-electron chi connectivity index (χ1n) is 8.10. The molecule has 4 aromatic rings. The molecule has 2 aromatic heterocycles. The van der Waals surface area contributed by atoms with Crippen molar-refractivity contribution in [1.82, 2.24) is 14.8 Å². The Morgan fingerprint density at radius 3 is 2.63 bits per heavy atom. The van der Waals surface area contributed by atoms with Crippen LogP contribution in [0.2, 0.25) is 5.02 Å². The summed E-state index contributed by atoms with van der Waals surface area (Å²) in [4.78, 5) is 11.5. The second-order valence-corrected chi connectivity index (χ2v) is 6.34. The maximum atomic E-state index is 11.5. The Balaban J connectivity index is 1.90. The number of aryl methyl sites for hydroxylation is 1. The number of aromatic amines is 1. The number of benzene rings is 2. The van der Waals surface area contributed by atoms with Crippen molar-refractivity contribution >= 4 is 33.9 Å². The van der Waals surface area contributed by atoms with Crippen molar-refractivity contribution in [3.05, 3.63) is 75.7 Å². The van der Waals surface area contributed by atoms with E-state index in [0.717, 1.165) is 16.8 Å². The van der Waals surface area contributed by atoms with E-state index in [4.69, 9.17) is 11.6 Å². The molecular weight excluding hydrogens is 366 g/mol. The Hall–Kier alpha value is -3.45. The van der Waals surface area contributed by atoms with E-state index in [2.05, 4.69) is 20.4 Å². The van der Waals surface area contributed by atoms with Gasteiger partial charge in [-0.15, -0.1) is 10.2 Å². The molecule has 0 amide bonds. The Morgan fingerprint density at radius 2 is 1.85 bits per heavy atom. The molecule has 0 spiro atoms. The van der Waals surface area contributed by atoms with Gasteiger partial charge in [0.15, 0.2) is 5.69 Å². The number of fused-ring (bicyclic) bond motifs is 1. The third-order valence-electron chi connectivity index (χ3n) is 4.15. The standard InChI is InChI=1S/C19H14ClN5O2/c1-11-6-8-12(9-7-11)25-15-5-3-2-4-13(15)17(19(25)27)23-22-14-10-21-24-18(26)16(14)20/h2-10,27H,1H3,(H,24,26). The van der Waals surface area contributed by atoms with E-state index in [1.165, 1.54) is 6.20 Å². The Kier molecular flexibility index (Phi) is 4.21. The van der Waals surface area contributed by atoms with Crippen molar-refractivity contribution < 1.29 is 5.11 Å². The molecule has 2 N–H and O–H groups in total. The van der Waals surface area contributed by atoms with Crippen LogP contribution >= 0.6 is 11.6 Å². The lowest BCUT2D eigenvalue weighted by Crippen LogP contribution is -2.06. The average Bonchev–Trinajstić information content (AvgIpc) is 2.95. The van der Waals surface area contributed by atoms with Gasteiger partial charge < -0.3 is 5.11 Å². The number of halogens is 1. The van der Waals surface area contributed by atoms with E-state index in [9.17, 15) is 9.90 Å². The van der Waals surface area contributed by atoms with E-state index < -0.39 is 5.56 Å². The first-order chi connectivity index (χ1) is 13.1. The zero-order valence-corrected chi connectivity index (χ0v) is 15.0. The third kappa shape index (κ3) is 2.98. The molecule has 7 nitrogen and oxygen atoms in total. The Bertz CT molecular complexity index is 1230. The van der Waals surface area contributed by atoms with Gasteiger partial charge in [-0.2, -0.15) is 5.10 Å². The molecule has 0 aliphatic carbocycles. The number of rotatable bonds is 3. The van der Waals surface area contributed by atoms with E-state index in [0.29, 0.717) is 5.39 Å². The van der Waals surface area contributed by atoms with Gasteiger partial charge in [0, 0.05) is 11.1 Å². The smallest absolute Gasteiger partial charge is 0.285 e. The van der Waals surface area contributed by atoms with Gasteiger partial charge in [-0.1, -0.05) is 47.5 Å². The maximum absolute atomic E-state index is 11.5. The van der Waals surface area contributed by atoms with Crippen molar-refractivity contribution in [2.45, 2.75) is 6.92 Å². The lowest BCUT2D eigenvalue weighted by molar-refractivity contribution is 0.446. The van der Waals surface area contributed by atoms with Crippen molar-refractivity contribution in [2.75, 3.05) is 0 Å². The minimum atomic E-state index is -0.556. The third-order valence-corrected chi connectivity index (χ3v) is 4.52. The Labute approximate surface area is 158 Å². The Morgan fingerprint density at radius 1 is 1.11 bits per heavy atom. The zero-order valence-electron chi connectivity index (χ0n) is 14.2. The van der Waals surface area contributed by atoms with Gasteiger partial charge >= 0.3 is 0 Å². The van der Waals surface area contributed by atoms with Gasteiger partial charge in [-0.05, 0) is 25.1 Å². The summed E-state index contributed by atoms with van der Waals surface area (Å²) >= 11 is 5.93. The van der Waals surface area contributed by atoms with Gasteiger partial charge in [0.2, 0.25) is 5.88 Å². The maximum Gasteiger partial charge on any atom is 0.285 e. The number of aromatic nitrogens is 3. The molecule has 8 heteroatoms. The van der Waals surface area contributed by atoms with E-state index in [-0.39, 0.29) is 22.3 Å². The predicted molar refractivity (Wildman–Crippen MR) is 104 cm³/mol. The number of azo groups is 1. The van der Waals surface area contributed by atoms with Gasteiger partial charge in [0.25, 0.3) is 5.56 Å². The van der Waals surface area contributed by atoms with E-state index >= 15 is 0 Å². The van der Waals surface area contributed by atoms with Crippen LogP contribution in [0.15, 0.2) is 69.8 Å². The molecule has 4 rings (SSSR count). The number of hydrogen-bond donors (Lipinski definition) is 2. The molecule has 0 unspecified atom stereocenters. The van der Waals surface area contributed by atoms with Crippen LogP contribution in [-0.2, 0) is 0 Å². The summed E-state index contributed by atoms with van der Waals surface area (Å²) in [5.74, 6) is -0.0577. The van der Waals surface area contributed by atoms with Crippen LogP contribution in [-0.4, -0.2) is 19.9 Å². The van der Waals surface area contributed by atoms with Gasteiger partial charge in [0.1, 0.15) is 10.7 Å². The number of hydrogen-bond acceptors (Lipinski definition) is 5. The highest BCUT2D eigenvalue weighted by atomic mass is 35.5. The lowest BCUT2D eigenvalue weighted by Gasteiger charge is -2.07. The van der Waals surface area contributed by atoms with Crippen molar-refractivity contribution in [3.8, 4) is 11.6 Å². The molecule has 0 atom stereocenters. The van der Waals surface area contributed by atoms with Crippen LogP contribution in [0.25, 0.3) is 16.6 Å². The highest BCUT2D eigenvalue weighted by Gasteiger charge is 2.17.